The highest BCUT2D eigenvalue weighted by Gasteiger charge is 2.37. The number of nitrogens with one attached hydrogen (secondary N) is 1. The van der Waals surface area contributed by atoms with Crippen LogP contribution >= 0.6 is 0 Å². The van der Waals surface area contributed by atoms with Crippen LogP contribution in [-0.4, -0.2) is 18.1 Å². The number of H-pyrrole nitrogens is 1. The second-order valence-corrected chi connectivity index (χ2v) is 9.01. The fourth-order valence-corrected chi connectivity index (χ4v) is 5.11. The number of ether oxygens (including phenoxy) is 1. The van der Waals surface area contributed by atoms with Gasteiger partial charge in [0, 0.05) is 41.3 Å². The van der Waals surface area contributed by atoms with Gasteiger partial charge in [-0.25, -0.2) is 4.79 Å². The smallest absolute Gasteiger partial charge is 0.344 e. The van der Waals surface area contributed by atoms with Gasteiger partial charge in [0.05, 0.1) is 16.9 Å². The lowest BCUT2D eigenvalue weighted by molar-refractivity contribution is 0.388. The number of benzene rings is 2. The van der Waals surface area contributed by atoms with Crippen LogP contribution in [0.15, 0.2) is 61.9 Å². The van der Waals surface area contributed by atoms with Gasteiger partial charge in [0.2, 0.25) is 5.88 Å². The molecule has 0 unspecified atom stereocenters. The number of aromatic amines is 1. The maximum absolute atomic E-state index is 13.4. The molecule has 0 aliphatic carbocycles. The number of pyridine rings is 1. The first-order valence-electron chi connectivity index (χ1n) is 11.8. The van der Waals surface area contributed by atoms with Gasteiger partial charge < -0.3 is 24.8 Å². The fourth-order valence-electron chi connectivity index (χ4n) is 5.11. The lowest BCUT2D eigenvalue weighted by Gasteiger charge is -2.26. The van der Waals surface area contributed by atoms with Crippen LogP contribution in [0.5, 0.6) is 5.75 Å². The van der Waals surface area contributed by atoms with E-state index in [1.54, 1.807) is 12.1 Å². The lowest BCUT2D eigenvalue weighted by Crippen LogP contribution is -2.29. The summed E-state index contributed by atoms with van der Waals surface area (Å²) in [6.45, 7) is 9.57. The molecule has 0 amide bonds. The Kier molecular flexibility index (Phi) is 5.56. The van der Waals surface area contributed by atoms with Gasteiger partial charge in [-0.15, -0.1) is 0 Å². The SMILES string of the molecule is CCN(CC)c1ccc2c3c(c(=O)oc2c1)[C@@H](c1cc2c(C)cc(C)cc2[nH]c1=O)C(C#N)=C(N)O3. The van der Waals surface area contributed by atoms with E-state index in [2.05, 4.69) is 9.88 Å². The number of fused-ring (bicyclic) bond motifs is 4. The highest BCUT2D eigenvalue weighted by atomic mass is 16.5. The molecule has 0 saturated carbocycles. The molecule has 8 heteroatoms. The Morgan fingerprint density at radius 1 is 1.08 bits per heavy atom. The summed E-state index contributed by atoms with van der Waals surface area (Å²) in [6.07, 6.45) is 0. The largest absolute Gasteiger partial charge is 0.439 e. The molecule has 1 atom stereocenters. The average Bonchev–Trinajstić information content (AvgIpc) is 2.83. The fraction of sp³-hybridized carbons (Fsp3) is 0.250. The molecule has 5 rings (SSSR count). The molecule has 3 heterocycles. The maximum Gasteiger partial charge on any atom is 0.344 e. The van der Waals surface area contributed by atoms with Crippen LogP contribution in [0.3, 0.4) is 0 Å². The minimum Gasteiger partial charge on any atom is -0.439 e. The van der Waals surface area contributed by atoms with Crippen LogP contribution < -0.4 is 26.6 Å². The molecule has 0 saturated heterocycles. The van der Waals surface area contributed by atoms with Crippen LogP contribution in [0.25, 0.3) is 21.9 Å². The summed E-state index contributed by atoms with van der Waals surface area (Å²) >= 11 is 0. The monoisotopic (exact) mass is 482 g/mol. The zero-order valence-electron chi connectivity index (χ0n) is 20.6. The minimum atomic E-state index is -1.03. The topological polar surface area (TPSA) is 125 Å². The summed E-state index contributed by atoms with van der Waals surface area (Å²) in [6, 6.07) is 13.2. The summed E-state index contributed by atoms with van der Waals surface area (Å²) in [5, 5.41) is 11.3. The van der Waals surface area contributed by atoms with Crippen molar-refractivity contribution in [1.29, 1.82) is 5.26 Å². The van der Waals surface area contributed by atoms with Crippen molar-refractivity contribution in [3.8, 4) is 11.8 Å². The second kappa shape index (κ2) is 8.61. The van der Waals surface area contributed by atoms with Gasteiger partial charge in [0.25, 0.3) is 5.56 Å². The van der Waals surface area contributed by atoms with Gasteiger partial charge in [-0.1, -0.05) is 6.07 Å². The van der Waals surface area contributed by atoms with Crippen LogP contribution in [0.1, 0.15) is 42.0 Å². The molecular formula is C28H26N4O4. The number of nitriles is 1. The zero-order valence-corrected chi connectivity index (χ0v) is 20.6. The van der Waals surface area contributed by atoms with Gasteiger partial charge in [-0.3, -0.25) is 4.79 Å². The summed E-state index contributed by atoms with van der Waals surface area (Å²) in [7, 11) is 0. The molecular weight excluding hydrogens is 456 g/mol. The normalized spacial score (nSPS) is 15.0. The molecule has 0 bridgehead atoms. The quantitative estimate of drug-likeness (QED) is 0.415. The summed E-state index contributed by atoms with van der Waals surface area (Å²) in [5.41, 5.74) is 9.29. The Labute approximate surface area is 207 Å². The Morgan fingerprint density at radius 2 is 1.83 bits per heavy atom. The van der Waals surface area contributed by atoms with E-state index in [0.717, 1.165) is 35.3 Å². The number of nitrogens with zero attached hydrogens (tertiary/aromatic N) is 2. The number of nitrogens with two attached hydrogens (primary N) is 1. The van der Waals surface area contributed by atoms with Crippen LogP contribution in [0.2, 0.25) is 0 Å². The number of hydrogen-bond acceptors (Lipinski definition) is 7. The van der Waals surface area contributed by atoms with E-state index in [4.69, 9.17) is 14.9 Å². The molecule has 1 aliphatic rings. The van der Waals surface area contributed by atoms with E-state index < -0.39 is 17.1 Å². The highest BCUT2D eigenvalue weighted by molar-refractivity contribution is 5.89. The van der Waals surface area contributed by atoms with Crippen molar-refractivity contribution in [2.75, 3.05) is 18.0 Å². The van der Waals surface area contributed by atoms with Gasteiger partial charge in [0.1, 0.15) is 17.2 Å². The zero-order chi connectivity index (χ0) is 25.7. The Hall–Kier alpha value is -4.51. The third-order valence-corrected chi connectivity index (χ3v) is 6.83. The van der Waals surface area contributed by atoms with Crippen molar-refractivity contribution >= 4 is 27.6 Å². The number of allylic oxidation sites excluding steroid dienone is 1. The molecule has 0 radical (unpaired) electrons. The molecule has 0 spiro atoms. The molecule has 8 nitrogen and oxygen atoms in total. The van der Waals surface area contributed by atoms with Gasteiger partial charge in [0.15, 0.2) is 5.75 Å². The third-order valence-electron chi connectivity index (χ3n) is 6.83. The van der Waals surface area contributed by atoms with Gasteiger partial charge in [-0.05, 0) is 63.1 Å². The van der Waals surface area contributed by atoms with Crippen LogP contribution in [0.4, 0.5) is 5.69 Å². The number of rotatable bonds is 4. The molecule has 3 N–H and O–H groups in total. The van der Waals surface area contributed by atoms with Crippen LogP contribution in [0, 0.1) is 25.2 Å². The molecule has 2 aromatic carbocycles. The Bertz CT molecular complexity index is 1740. The number of hydrogen-bond donors (Lipinski definition) is 2. The summed E-state index contributed by atoms with van der Waals surface area (Å²) in [4.78, 5) is 31.7. The maximum atomic E-state index is 13.4. The first kappa shape index (κ1) is 23.2. The molecule has 4 aromatic rings. The Morgan fingerprint density at radius 3 is 2.53 bits per heavy atom. The van der Waals surface area contributed by atoms with E-state index in [1.807, 2.05) is 58.0 Å². The van der Waals surface area contributed by atoms with Crippen LogP contribution in [-0.2, 0) is 0 Å². The molecule has 0 fully saturated rings. The van der Waals surface area contributed by atoms with Gasteiger partial charge >= 0.3 is 5.63 Å². The van der Waals surface area contributed by atoms with Crippen molar-refractivity contribution in [2.45, 2.75) is 33.6 Å². The van der Waals surface area contributed by atoms with Crippen molar-refractivity contribution in [1.82, 2.24) is 4.98 Å². The predicted octanol–water partition coefficient (Wildman–Crippen LogP) is 4.32. The number of anilines is 1. The number of aryl methyl sites for hydroxylation is 2. The summed E-state index contributed by atoms with van der Waals surface area (Å²) in [5.74, 6) is -0.973. The van der Waals surface area contributed by atoms with E-state index in [-0.39, 0.29) is 28.3 Å². The summed E-state index contributed by atoms with van der Waals surface area (Å²) < 4.78 is 11.6. The Balaban J connectivity index is 1.81. The first-order chi connectivity index (χ1) is 17.3. The van der Waals surface area contributed by atoms with Crippen molar-refractivity contribution in [2.24, 2.45) is 5.73 Å². The number of aromatic nitrogens is 1. The minimum absolute atomic E-state index is 0.0106. The third kappa shape index (κ3) is 3.52. The van der Waals surface area contributed by atoms with Crippen molar-refractivity contribution < 1.29 is 9.15 Å². The van der Waals surface area contributed by atoms with E-state index in [1.165, 1.54) is 0 Å². The highest BCUT2D eigenvalue weighted by Crippen LogP contribution is 2.43. The molecule has 2 aromatic heterocycles. The lowest BCUT2D eigenvalue weighted by atomic mass is 9.83. The molecule has 1 aliphatic heterocycles. The first-order valence-corrected chi connectivity index (χ1v) is 11.8. The standard InChI is InChI=1S/C28H26N4O4/c1-5-32(6-2)16-7-8-17-22(11-16)35-28(34)24-23(20(13-29)26(30)36-25(17)24)19-12-18-15(4)9-14(3)10-21(18)31-27(19)33/h7-12,23H,5-6,30H2,1-4H3,(H,31,33)/t23-/m0/s1. The molecule has 36 heavy (non-hydrogen) atoms. The van der Waals surface area contributed by atoms with Crippen molar-refractivity contribution in [3.63, 3.8) is 0 Å². The molecule has 182 valence electrons. The van der Waals surface area contributed by atoms with Gasteiger partial charge in [-0.2, -0.15) is 5.26 Å². The van der Waals surface area contributed by atoms with Crippen molar-refractivity contribution in [3.05, 3.63) is 90.9 Å². The van der Waals surface area contributed by atoms with E-state index >= 15 is 0 Å². The second-order valence-electron chi connectivity index (χ2n) is 9.01. The average molecular weight is 483 g/mol. The van der Waals surface area contributed by atoms with E-state index in [0.29, 0.717) is 16.5 Å². The predicted molar refractivity (Wildman–Crippen MR) is 139 cm³/mol. The van der Waals surface area contributed by atoms with E-state index in [9.17, 15) is 14.9 Å².